The first-order valence-electron chi connectivity index (χ1n) is 6.75. The standard InChI is InChI=1S/C14H20N2O3/c1-3-19-14(18)12-10(2)15-11(13(12)17)9-16-7-5-4-6-8-16/h9,17H,3-8H2,1-2H3/b11-9+. The van der Waals surface area contributed by atoms with Crippen molar-refractivity contribution in [1.82, 2.24) is 4.90 Å². The summed E-state index contributed by atoms with van der Waals surface area (Å²) in [6.07, 6.45) is 5.39. The van der Waals surface area contributed by atoms with E-state index < -0.39 is 5.97 Å². The fraction of sp³-hybridized carbons (Fsp3) is 0.571. The molecule has 0 radical (unpaired) electrons. The van der Waals surface area contributed by atoms with Gasteiger partial charge in [0.25, 0.3) is 0 Å². The first-order chi connectivity index (χ1) is 9.13. The highest BCUT2D eigenvalue weighted by atomic mass is 16.5. The van der Waals surface area contributed by atoms with Gasteiger partial charge >= 0.3 is 5.97 Å². The SMILES string of the molecule is CCOC(=O)C1=C(O)/C(=C\N2CCCCC2)N=C1C. The number of nitrogens with zero attached hydrogens (tertiary/aromatic N) is 2. The molecule has 0 atom stereocenters. The van der Waals surface area contributed by atoms with Crippen LogP contribution in [-0.2, 0) is 9.53 Å². The number of carbonyl (C=O) groups is 1. The van der Waals surface area contributed by atoms with Gasteiger partial charge in [-0.15, -0.1) is 0 Å². The molecule has 0 aromatic carbocycles. The van der Waals surface area contributed by atoms with Gasteiger partial charge in [-0.2, -0.15) is 0 Å². The highest BCUT2D eigenvalue weighted by Crippen LogP contribution is 2.25. The van der Waals surface area contributed by atoms with Crippen molar-refractivity contribution in [2.75, 3.05) is 19.7 Å². The Hall–Kier alpha value is -1.78. The molecule has 5 heteroatoms. The predicted molar refractivity (Wildman–Crippen MR) is 72.9 cm³/mol. The molecule has 104 valence electrons. The molecule has 0 saturated carbocycles. The highest BCUT2D eigenvalue weighted by molar-refractivity contribution is 6.21. The maximum absolute atomic E-state index is 11.7. The average Bonchev–Trinajstić information content (AvgIpc) is 2.66. The van der Waals surface area contributed by atoms with Crippen molar-refractivity contribution in [2.24, 2.45) is 4.99 Å². The number of hydrogen-bond acceptors (Lipinski definition) is 5. The monoisotopic (exact) mass is 264 g/mol. The zero-order valence-electron chi connectivity index (χ0n) is 11.5. The molecule has 2 heterocycles. The summed E-state index contributed by atoms with van der Waals surface area (Å²) in [5.74, 6) is -0.579. The molecule has 0 unspecified atom stereocenters. The maximum Gasteiger partial charge on any atom is 0.343 e. The summed E-state index contributed by atoms with van der Waals surface area (Å²) in [6, 6.07) is 0. The van der Waals surface area contributed by atoms with Gasteiger partial charge in [0.15, 0.2) is 5.76 Å². The van der Waals surface area contributed by atoms with Crippen LogP contribution in [0.25, 0.3) is 0 Å². The third-order valence-electron chi connectivity index (χ3n) is 3.30. The minimum Gasteiger partial charge on any atom is -0.505 e. The van der Waals surface area contributed by atoms with E-state index in [1.807, 2.05) is 6.20 Å². The summed E-state index contributed by atoms with van der Waals surface area (Å²) < 4.78 is 4.93. The first-order valence-corrected chi connectivity index (χ1v) is 6.75. The van der Waals surface area contributed by atoms with Crippen LogP contribution in [0.5, 0.6) is 0 Å². The third-order valence-corrected chi connectivity index (χ3v) is 3.30. The molecule has 2 aliphatic rings. The van der Waals surface area contributed by atoms with Crippen LogP contribution >= 0.6 is 0 Å². The Kier molecular flexibility index (Phi) is 4.24. The minimum atomic E-state index is -0.511. The van der Waals surface area contributed by atoms with Gasteiger partial charge in [0.1, 0.15) is 11.3 Å². The molecule has 0 bridgehead atoms. The number of esters is 1. The summed E-state index contributed by atoms with van der Waals surface area (Å²) in [6.45, 7) is 5.68. The molecule has 19 heavy (non-hydrogen) atoms. The van der Waals surface area contributed by atoms with Crippen LogP contribution < -0.4 is 0 Å². The average molecular weight is 264 g/mol. The molecule has 2 aliphatic heterocycles. The molecule has 0 aromatic heterocycles. The maximum atomic E-state index is 11.7. The lowest BCUT2D eigenvalue weighted by Crippen LogP contribution is -2.24. The zero-order valence-corrected chi connectivity index (χ0v) is 11.5. The minimum absolute atomic E-state index is 0.0680. The van der Waals surface area contributed by atoms with Crippen LogP contribution in [0.15, 0.2) is 28.2 Å². The van der Waals surface area contributed by atoms with Crippen LogP contribution in [0.3, 0.4) is 0 Å². The molecule has 1 saturated heterocycles. The van der Waals surface area contributed by atoms with E-state index in [0.29, 0.717) is 11.4 Å². The molecule has 0 aromatic rings. The fourth-order valence-electron chi connectivity index (χ4n) is 2.35. The van der Waals surface area contributed by atoms with Crippen LogP contribution in [-0.4, -0.2) is 41.4 Å². The number of aliphatic imine (C=N–C) groups is 1. The van der Waals surface area contributed by atoms with E-state index in [-0.39, 0.29) is 17.9 Å². The number of piperidine rings is 1. The zero-order chi connectivity index (χ0) is 13.8. The van der Waals surface area contributed by atoms with Gasteiger partial charge in [-0.1, -0.05) is 0 Å². The van der Waals surface area contributed by atoms with E-state index in [0.717, 1.165) is 25.9 Å². The summed E-state index contributed by atoms with van der Waals surface area (Å²) in [5, 5.41) is 10.1. The van der Waals surface area contributed by atoms with Crippen molar-refractivity contribution < 1.29 is 14.6 Å². The second-order valence-electron chi connectivity index (χ2n) is 4.75. The van der Waals surface area contributed by atoms with Crippen molar-refractivity contribution in [3.05, 3.63) is 23.2 Å². The second kappa shape index (κ2) is 5.91. The van der Waals surface area contributed by atoms with Crippen molar-refractivity contribution in [3.63, 3.8) is 0 Å². The molecule has 2 rings (SSSR count). The highest BCUT2D eigenvalue weighted by Gasteiger charge is 2.28. The molecule has 1 fully saturated rings. The number of likely N-dealkylation sites (tertiary alicyclic amines) is 1. The van der Waals surface area contributed by atoms with Gasteiger partial charge in [-0.25, -0.2) is 9.79 Å². The molecule has 0 amide bonds. The largest absolute Gasteiger partial charge is 0.505 e. The third kappa shape index (κ3) is 2.97. The molecule has 0 aliphatic carbocycles. The quantitative estimate of drug-likeness (QED) is 0.793. The normalized spacial score (nSPS) is 21.9. The van der Waals surface area contributed by atoms with Crippen molar-refractivity contribution in [1.29, 1.82) is 0 Å². The molecule has 5 nitrogen and oxygen atoms in total. The number of hydrogen-bond donors (Lipinski definition) is 1. The Labute approximate surface area is 113 Å². The summed E-state index contributed by atoms with van der Waals surface area (Å²) in [5.41, 5.74) is 1.16. The second-order valence-corrected chi connectivity index (χ2v) is 4.75. The lowest BCUT2D eigenvalue weighted by molar-refractivity contribution is -0.138. The van der Waals surface area contributed by atoms with E-state index in [1.54, 1.807) is 13.8 Å². The van der Waals surface area contributed by atoms with E-state index in [4.69, 9.17) is 4.74 Å². The van der Waals surface area contributed by atoms with Crippen molar-refractivity contribution in [3.8, 4) is 0 Å². The lowest BCUT2D eigenvalue weighted by atomic mass is 10.1. The molecular weight excluding hydrogens is 244 g/mol. The van der Waals surface area contributed by atoms with Gasteiger partial charge < -0.3 is 14.7 Å². The van der Waals surface area contributed by atoms with E-state index in [2.05, 4.69) is 9.89 Å². The Morgan fingerprint density at radius 2 is 2.11 bits per heavy atom. The Balaban J connectivity index is 2.19. The van der Waals surface area contributed by atoms with E-state index in [1.165, 1.54) is 6.42 Å². The molecular formula is C14H20N2O3. The number of aliphatic hydroxyl groups excluding tert-OH is 1. The van der Waals surface area contributed by atoms with Crippen molar-refractivity contribution in [2.45, 2.75) is 33.1 Å². The van der Waals surface area contributed by atoms with Gasteiger partial charge in [0.05, 0.1) is 12.3 Å². The first kappa shape index (κ1) is 13.6. The number of rotatable bonds is 3. The molecule has 1 N–H and O–H groups in total. The van der Waals surface area contributed by atoms with Crippen LogP contribution in [0, 0.1) is 0 Å². The number of carbonyl (C=O) groups excluding carboxylic acids is 1. The Morgan fingerprint density at radius 3 is 2.74 bits per heavy atom. The predicted octanol–water partition coefficient (Wildman–Crippen LogP) is 2.16. The van der Waals surface area contributed by atoms with E-state index >= 15 is 0 Å². The van der Waals surface area contributed by atoms with Crippen molar-refractivity contribution >= 4 is 11.7 Å². The lowest BCUT2D eigenvalue weighted by Gasteiger charge is -2.25. The van der Waals surface area contributed by atoms with Gasteiger partial charge in [0.2, 0.25) is 0 Å². The van der Waals surface area contributed by atoms with E-state index in [9.17, 15) is 9.90 Å². The topological polar surface area (TPSA) is 62.1 Å². The van der Waals surface area contributed by atoms with Crippen LogP contribution in [0.2, 0.25) is 0 Å². The summed E-state index contributed by atoms with van der Waals surface area (Å²) in [4.78, 5) is 18.1. The summed E-state index contributed by atoms with van der Waals surface area (Å²) >= 11 is 0. The smallest absolute Gasteiger partial charge is 0.343 e. The number of aliphatic hydroxyl groups is 1. The molecule has 0 spiro atoms. The van der Waals surface area contributed by atoms with Gasteiger partial charge in [-0.05, 0) is 33.1 Å². The Morgan fingerprint density at radius 1 is 1.42 bits per heavy atom. The Bertz CT molecular complexity index is 457. The van der Waals surface area contributed by atoms with Crippen LogP contribution in [0.1, 0.15) is 33.1 Å². The summed E-state index contributed by atoms with van der Waals surface area (Å²) in [7, 11) is 0. The van der Waals surface area contributed by atoms with Gasteiger partial charge in [0, 0.05) is 19.3 Å². The van der Waals surface area contributed by atoms with Crippen LogP contribution in [0.4, 0.5) is 0 Å². The number of ether oxygens (including phenoxy) is 1. The van der Waals surface area contributed by atoms with Gasteiger partial charge in [-0.3, -0.25) is 0 Å². The fourth-order valence-corrected chi connectivity index (χ4v) is 2.35.